The van der Waals surface area contributed by atoms with Crippen molar-refractivity contribution in [2.75, 3.05) is 25.0 Å². The Hall–Kier alpha value is -1.56. The number of nitrogens with one attached hydrogen (secondary N) is 1. The van der Waals surface area contributed by atoms with Crippen LogP contribution in [-0.4, -0.2) is 36.7 Å². The molecule has 21 heavy (non-hydrogen) atoms. The molecular formula is C14H17ClF2N2O2. The number of hydrogen-bond donors (Lipinski definition) is 1. The summed E-state index contributed by atoms with van der Waals surface area (Å²) >= 11 is 5.85. The number of rotatable bonds is 3. The van der Waals surface area contributed by atoms with Gasteiger partial charge in [0.1, 0.15) is 5.82 Å². The molecule has 116 valence electrons. The average molecular weight is 319 g/mol. The van der Waals surface area contributed by atoms with E-state index in [1.807, 2.05) is 0 Å². The molecule has 1 saturated heterocycles. The summed E-state index contributed by atoms with van der Waals surface area (Å²) < 4.78 is 31.6. The maximum atomic E-state index is 13.7. The van der Waals surface area contributed by atoms with E-state index in [4.69, 9.17) is 16.3 Å². The zero-order valence-corrected chi connectivity index (χ0v) is 12.4. The summed E-state index contributed by atoms with van der Waals surface area (Å²) in [6, 6.07) is 1.84. The Morgan fingerprint density at radius 2 is 2.10 bits per heavy atom. The number of benzene rings is 1. The van der Waals surface area contributed by atoms with Crippen molar-refractivity contribution in [3.8, 4) is 0 Å². The summed E-state index contributed by atoms with van der Waals surface area (Å²) in [7, 11) is 0. The standard InChI is InChI=1S/C14H17ClF2N2O2/c1-2-21-14(20)19-5-3-10(4-6-19)18-13-11(15)7-9(16)8-12(13)17/h7-8,10,18H,2-6H2,1H3. The zero-order chi connectivity index (χ0) is 15.4. The molecule has 1 fully saturated rings. The molecule has 1 aliphatic heterocycles. The third kappa shape index (κ3) is 3.97. The van der Waals surface area contributed by atoms with E-state index >= 15 is 0 Å². The van der Waals surface area contributed by atoms with E-state index in [2.05, 4.69) is 5.32 Å². The molecule has 1 amide bonds. The fourth-order valence-corrected chi connectivity index (χ4v) is 2.55. The van der Waals surface area contributed by atoms with Crippen LogP contribution in [0.1, 0.15) is 19.8 Å². The minimum absolute atomic E-state index is 0.0142. The maximum Gasteiger partial charge on any atom is 0.409 e. The summed E-state index contributed by atoms with van der Waals surface area (Å²) in [4.78, 5) is 13.2. The van der Waals surface area contributed by atoms with Crippen LogP contribution in [0, 0.1) is 11.6 Å². The number of halogens is 3. The Morgan fingerprint density at radius 3 is 2.67 bits per heavy atom. The van der Waals surface area contributed by atoms with Gasteiger partial charge in [0.2, 0.25) is 0 Å². The first-order valence-corrected chi connectivity index (χ1v) is 7.21. The molecule has 0 spiro atoms. The minimum atomic E-state index is -0.715. The van der Waals surface area contributed by atoms with Crippen molar-refractivity contribution in [3.63, 3.8) is 0 Å². The van der Waals surface area contributed by atoms with E-state index in [0.29, 0.717) is 32.5 Å². The summed E-state index contributed by atoms with van der Waals surface area (Å²) in [6.45, 7) is 3.15. The van der Waals surface area contributed by atoms with Gasteiger partial charge in [-0.15, -0.1) is 0 Å². The molecule has 1 aliphatic rings. The SMILES string of the molecule is CCOC(=O)N1CCC(Nc2c(F)cc(F)cc2Cl)CC1. The van der Waals surface area contributed by atoms with Gasteiger partial charge in [-0.1, -0.05) is 11.6 Å². The number of carbonyl (C=O) groups is 1. The molecule has 2 rings (SSSR count). The van der Waals surface area contributed by atoms with Crippen molar-refractivity contribution in [1.82, 2.24) is 4.90 Å². The largest absolute Gasteiger partial charge is 0.450 e. The van der Waals surface area contributed by atoms with Gasteiger partial charge in [-0.3, -0.25) is 0 Å². The number of amides is 1. The molecule has 0 radical (unpaired) electrons. The highest BCUT2D eigenvalue weighted by Gasteiger charge is 2.24. The van der Waals surface area contributed by atoms with Crippen LogP contribution in [0.25, 0.3) is 0 Å². The third-order valence-corrected chi connectivity index (χ3v) is 3.67. The predicted molar refractivity (Wildman–Crippen MR) is 76.6 cm³/mol. The Balaban J connectivity index is 1.94. The number of nitrogens with zero attached hydrogens (tertiary/aromatic N) is 1. The number of ether oxygens (including phenoxy) is 1. The van der Waals surface area contributed by atoms with E-state index in [-0.39, 0.29) is 22.8 Å². The molecule has 0 bridgehead atoms. The quantitative estimate of drug-likeness (QED) is 0.925. The van der Waals surface area contributed by atoms with E-state index < -0.39 is 11.6 Å². The summed E-state index contributed by atoms with van der Waals surface area (Å²) in [6.07, 6.45) is 0.958. The van der Waals surface area contributed by atoms with Crippen molar-refractivity contribution < 1.29 is 18.3 Å². The molecule has 0 unspecified atom stereocenters. The van der Waals surface area contributed by atoms with Crippen LogP contribution in [0.15, 0.2) is 12.1 Å². The first-order valence-electron chi connectivity index (χ1n) is 6.84. The Labute approximate surface area is 127 Å². The Bertz CT molecular complexity index is 497. The van der Waals surface area contributed by atoms with Crippen LogP contribution in [0.5, 0.6) is 0 Å². The van der Waals surface area contributed by atoms with Crippen LogP contribution in [0.3, 0.4) is 0 Å². The van der Waals surface area contributed by atoms with Gasteiger partial charge in [0.05, 0.1) is 17.3 Å². The fraction of sp³-hybridized carbons (Fsp3) is 0.500. The normalized spacial score (nSPS) is 15.9. The van der Waals surface area contributed by atoms with Gasteiger partial charge >= 0.3 is 6.09 Å². The molecule has 1 aromatic carbocycles. The van der Waals surface area contributed by atoms with Crippen molar-refractivity contribution in [3.05, 3.63) is 28.8 Å². The maximum absolute atomic E-state index is 13.7. The van der Waals surface area contributed by atoms with Crippen molar-refractivity contribution in [2.24, 2.45) is 0 Å². The zero-order valence-electron chi connectivity index (χ0n) is 11.7. The second kappa shape index (κ2) is 6.93. The van der Waals surface area contributed by atoms with Gasteiger partial charge in [-0.2, -0.15) is 0 Å². The van der Waals surface area contributed by atoms with E-state index in [1.165, 1.54) is 0 Å². The molecule has 7 heteroatoms. The molecule has 0 atom stereocenters. The molecule has 0 aliphatic carbocycles. The monoisotopic (exact) mass is 318 g/mol. The molecule has 1 aromatic rings. The topological polar surface area (TPSA) is 41.6 Å². The smallest absolute Gasteiger partial charge is 0.409 e. The van der Waals surface area contributed by atoms with E-state index in [9.17, 15) is 13.6 Å². The minimum Gasteiger partial charge on any atom is -0.450 e. The number of hydrogen-bond acceptors (Lipinski definition) is 3. The lowest BCUT2D eigenvalue weighted by Gasteiger charge is -2.32. The Morgan fingerprint density at radius 1 is 1.43 bits per heavy atom. The first-order chi connectivity index (χ1) is 10.0. The molecule has 4 nitrogen and oxygen atoms in total. The highest BCUT2D eigenvalue weighted by Crippen LogP contribution is 2.28. The number of likely N-dealkylation sites (tertiary alicyclic amines) is 1. The first kappa shape index (κ1) is 15.8. The summed E-state index contributed by atoms with van der Waals surface area (Å²) in [5, 5.41) is 3.00. The molecule has 1 N–H and O–H groups in total. The number of piperidine rings is 1. The molecule has 0 saturated carbocycles. The van der Waals surface area contributed by atoms with Crippen LogP contribution in [0.2, 0.25) is 5.02 Å². The van der Waals surface area contributed by atoms with Crippen LogP contribution < -0.4 is 5.32 Å². The van der Waals surface area contributed by atoms with Crippen LogP contribution in [0.4, 0.5) is 19.3 Å². The van der Waals surface area contributed by atoms with E-state index in [1.54, 1.807) is 11.8 Å². The highest BCUT2D eigenvalue weighted by molar-refractivity contribution is 6.33. The van der Waals surface area contributed by atoms with Crippen molar-refractivity contribution in [1.29, 1.82) is 0 Å². The highest BCUT2D eigenvalue weighted by atomic mass is 35.5. The molecule has 0 aromatic heterocycles. The third-order valence-electron chi connectivity index (χ3n) is 3.38. The Kier molecular flexibility index (Phi) is 5.22. The van der Waals surface area contributed by atoms with Gasteiger partial charge in [0.25, 0.3) is 0 Å². The van der Waals surface area contributed by atoms with Gasteiger partial charge < -0.3 is 15.0 Å². The predicted octanol–water partition coefficient (Wildman–Crippen LogP) is 3.65. The number of anilines is 1. The number of carbonyl (C=O) groups excluding carboxylic acids is 1. The molecular weight excluding hydrogens is 302 g/mol. The molecule has 1 heterocycles. The van der Waals surface area contributed by atoms with Crippen LogP contribution >= 0.6 is 11.6 Å². The summed E-state index contributed by atoms with van der Waals surface area (Å²) in [5.74, 6) is -1.42. The van der Waals surface area contributed by atoms with Gasteiger partial charge in [0, 0.05) is 25.2 Å². The fourth-order valence-electron chi connectivity index (χ4n) is 2.31. The summed E-state index contributed by atoms with van der Waals surface area (Å²) in [5.41, 5.74) is 0.104. The lowest BCUT2D eigenvalue weighted by atomic mass is 10.0. The second-order valence-corrected chi connectivity index (χ2v) is 5.26. The van der Waals surface area contributed by atoms with Crippen molar-refractivity contribution in [2.45, 2.75) is 25.8 Å². The lowest BCUT2D eigenvalue weighted by molar-refractivity contribution is 0.0983. The van der Waals surface area contributed by atoms with Crippen LogP contribution in [-0.2, 0) is 4.74 Å². The lowest BCUT2D eigenvalue weighted by Crippen LogP contribution is -2.42. The second-order valence-electron chi connectivity index (χ2n) is 4.85. The van der Waals surface area contributed by atoms with E-state index in [0.717, 1.165) is 12.1 Å². The average Bonchev–Trinajstić information content (AvgIpc) is 2.43. The van der Waals surface area contributed by atoms with Gasteiger partial charge in [0.15, 0.2) is 5.82 Å². The van der Waals surface area contributed by atoms with Gasteiger partial charge in [-0.05, 0) is 25.8 Å². The van der Waals surface area contributed by atoms with Crippen molar-refractivity contribution >= 4 is 23.4 Å². The van der Waals surface area contributed by atoms with Gasteiger partial charge in [-0.25, -0.2) is 13.6 Å².